The number of piperazine rings is 1. The molecule has 1 aromatic rings. The van der Waals surface area contributed by atoms with E-state index in [1.165, 1.54) is 0 Å². The zero-order chi connectivity index (χ0) is 15.4. The lowest BCUT2D eigenvalue weighted by molar-refractivity contribution is -0.142. The third-order valence-electron chi connectivity index (χ3n) is 4.58. The summed E-state index contributed by atoms with van der Waals surface area (Å²) in [5.41, 5.74) is 6.65. The van der Waals surface area contributed by atoms with E-state index in [4.69, 9.17) is 10.5 Å². The molecule has 2 aliphatic heterocycles. The van der Waals surface area contributed by atoms with Gasteiger partial charge in [-0.1, -0.05) is 6.07 Å². The number of rotatable bonds is 3. The number of nitrogens with zero attached hydrogens (tertiary/aromatic N) is 3. The molecule has 6 heteroatoms. The quantitative estimate of drug-likeness (QED) is 0.866. The molecule has 0 saturated carbocycles. The number of carbonyl (C=O) groups excluding carboxylic acids is 1. The van der Waals surface area contributed by atoms with Crippen LogP contribution in [0.3, 0.4) is 0 Å². The van der Waals surface area contributed by atoms with Gasteiger partial charge in [-0.3, -0.25) is 14.7 Å². The van der Waals surface area contributed by atoms with Gasteiger partial charge in [0.15, 0.2) is 0 Å². The largest absolute Gasteiger partial charge is 0.381 e. The molecule has 0 aliphatic carbocycles. The van der Waals surface area contributed by atoms with E-state index in [2.05, 4.69) is 9.88 Å². The number of ether oxygens (including phenoxy) is 1. The molecule has 2 saturated heterocycles. The van der Waals surface area contributed by atoms with E-state index in [0.29, 0.717) is 26.1 Å². The molecule has 0 radical (unpaired) electrons. The average molecular weight is 304 g/mol. The van der Waals surface area contributed by atoms with Gasteiger partial charge in [0, 0.05) is 52.1 Å². The van der Waals surface area contributed by atoms with Gasteiger partial charge >= 0.3 is 0 Å². The number of nitrogens with two attached hydrogens (primary N) is 1. The van der Waals surface area contributed by atoms with Gasteiger partial charge in [0.1, 0.15) is 0 Å². The predicted octanol–water partition coefficient (Wildman–Crippen LogP) is 0.234. The number of pyridine rings is 1. The molecule has 2 N–H and O–H groups in total. The minimum absolute atomic E-state index is 0.0910. The van der Waals surface area contributed by atoms with Gasteiger partial charge < -0.3 is 15.4 Å². The molecule has 0 bridgehead atoms. The summed E-state index contributed by atoms with van der Waals surface area (Å²) in [5, 5.41) is 0. The third-order valence-corrected chi connectivity index (χ3v) is 4.58. The number of hydrogen-bond acceptors (Lipinski definition) is 5. The Hall–Kier alpha value is -1.50. The van der Waals surface area contributed by atoms with Gasteiger partial charge in [-0.25, -0.2) is 0 Å². The second-order valence-electron chi connectivity index (χ2n) is 6.16. The Kier molecular flexibility index (Phi) is 4.71. The van der Waals surface area contributed by atoms with Crippen molar-refractivity contribution in [1.29, 1.82) is 0 Å². The molecule has 120 valence electrons. The van der Waals surface area contributed by atoms with Crippen LogP contribution in [-0.2, 0) is 16.1 Å². The maximum atomic E-state index is 12.7. The molecule has 3 heterocycles. The van der Waals surface area contributed by atoms with Gasteiger partial charge in [-0.2, -0.15) is 0 Å². The Morgan fingerprint density at radius 2 is 1.95 bits per heavy atom. The van der Waals surface area contributed by atoms with Crippen LogP contribution in [0.2, 0.25) is 0 Å². The third kappa shape index (κ3) is 3.45. The molecule has 6 nitrogen and oxygen atoms in total. The summed E-state index contributed by atoms with van der Waals surface area (Å²) in [4.78, 5) is 21.3. The summed E-state index contributed by atoms with van der Waals surface area (Å²) in [6, 6.07) is 5.97. The fourth-order valence-corrected chi connectivity index (χ4v) is 3.09. The molecule has 2 aliphatic rings. The highest BCUT2D eigenvalue weighted by Crippen LogP contribution is 2.21. The average Bonchev–Trinajstić information content (AvgIpc) is 2.56. The second kappa shape index (κ2) is 6.73. The molecular formula is C16H24N4O2. The minimum atomic E-state index is -0.721. The predicted molar refractivity (Wildman–Crippen MR) is 83.1 cm³/mol. The molecule has 0 spiro atoms. The first-order valence-corrected chi connectivity index (χ1v) is 7.96. The van der Waals surface area contributed by atoms with Gasteiger partial charge in [0.25, 0.3) is 0 Å². The number of carbonyl (C=O) groups is 1. The zero-order valence-corrected chi connectivity index (χ0v) is 12.9. The van der Waals surface area contributed by atoms with Crippen molar-refractivity contribution in [1.82, 2.24) is 14.8 Å². The minimum Gasteiger partial charge on any atom is -0.381 e. The number of hydrogen-bond donors (Lipinski definition) is 1. The van der Waals surface area contributed by atoms with Crippen LogP contribution in [0.25, 0.3) is 0 Å². The molecule has 1 amide bonds. The van der Waals surface area contributed by atoms with E-state index in [1.54, 1.807) is 0 Å². The Morgan fingerprint density at radius 1 is 1.23 bits per heavy atom. The van der Waals surface area contributed by atoms with Crippen molar-refractivity contribution in [2.75, 3.05) is 39.4 Å². The highest BCUT2D eigenvalue weighted by Gasteiger charge is 2.39. The molecule has 0 aromatic carbocycles. The van der Waals surface area contributed by atoms with Gasteiger partial charge in [0.05, 0.1) is 11.2 Å². The van der Waals surface area contributed by atoms with Crippen LogP contribution >= 0.6 is 0 Å². The van der Waals surface area contributed by atoms with Crippen LogP contribution in [0.4, 0.5) is 0 Å². The van der Waals surface area contributed by atoms with Crippen molar-refractivity contribution in [3.63, 3.8) is 0 Å². The van der Waals surface area contributed by atoms with Crippen molar-refractivity contribution < 1.29 is 9.53 Å². The zero-order valence-electron chi connectivity index (χ0n) is 12.9. The van der Waals surface area contributed by atoms with Gasteiger partial charge in [0.2, 0.25) is 5.91 Å². The molecule has 0 atom stereocenters. The Labute approximate surface area is 131 Å². The maximum absolute atomic E-state index is 12.7. The van der Waals surface area contributed by atoms with Crippen molar-refractivity contribution >= 4 is 5.91 Å². The van der Waals surface area contributed by atoms with Crippen LogP contribution in [0.15, 0.2) is 24.4 Å². The van der Waals surface area contributed by atoms with Crippen molar-refractivity contribution in [3.05, 3.63) is 30.1 Å². The SMILES string of the molecule is NC1(C(=O)N2CCN(Cc3ccccn3)CC2)CCOCC1. The lowest BCUT2D eigenvalue weighted by atomic mass is 9.89. The summed E-state index contributed by atoms with van der Waals surface area (Å²) in [5.74, 6) is 0.0910. The Bertz CT molecular complexity index is 494. The lowest BCUT2D eigenvalue weighted by Gasteiger charge is -2.40. The van der Waals surface area contributed by atoms with E-state index >= 15 is 0 Å². The summed E-state index contributed by atoms with van der Waals surface area (Å²) < 4.78 is 5.32. The molecule has 22 heavy (non-hydrogen) atoms. The standard InChI is InChI=1S/C16H24N4O2/c17-16(4-11-22-12-5-16)15(21)20-9-7-19(8-10-20)13-14-3-1-2-6-18-14/h1-3,6H,4-5,7-13,17H2. The maximum Gasteiger partial charge on any atom is 0.242 e. The van der Waals surface area contributed by atoms with Crippen LogP contribution in [0.5, 0.6) is 0 Å². The Morgan fingerprint density at radius 3 is 2.59 bits per heavy atom. The number of aromatic nitrogens is 1. The first-order valence-electron chi connectivity index (χ1n) is 7.96. The summed E-state index contributed by atoms with van der Waals surface area (Å²) in [7, 11) is 0. The van der Waals surface area contributed by atoms with Crippen molar-refractivity contribution in [2.24, 2.45) is 5.73 Å². The van der Waals surface area contributed by atoms with Crippen molar-refractivity contribution in [3.8, 4) is 0 Å². The summed E-state index contributed by atoms with van der Waals surface area (Å²) >= 11 is 0. The first-order chi connectivity index (χ1) is 10.7. The highest BCUT2D eigenvalue weighted by atomic mass is 16.5. The van der Waals surface area contributed by atoms with Crippen LogP contribution in [0.1, 0.15) is 18.5 Å². The van der Waals surface area contributed by atoms with E-state index in [0.717, 1.165) is 38.4 Å². The van der Waals surface area contributed by atoms with Gasteiger partial charge in [-0.15, -0.1) is 0 Å². The summed E-state index contributed by atoms with van der Waals surface area (Å²) in [6.45, 7) is 5.23. The molecular weight excluding hydrogens is 280 g/mol. The van der Waals surface area contributed by atoms with E-state index in [9.17, 15) is 4.79 Å². The van der Waals surface area contributed by atoms with Crippen LogP contribution < -0.4 is 5.73 Å². The normalized spacial score (nSPS) is 22.5. The lowest BCUT2D eigenvalue weighted by Crippen LogP contribution is -2.61. The van der Waals surface area contributed by atoms with Crippen molar-refractivity contribution in [2.45, 2.75) is 24.9 Å². The fraction of sp³-hybridized carbons (Fsp3) is 0.625. The van der Waals surface area contributed by atoms with Crippen LogP contribution in [-0.4, -0.2) is 65.6 Å². The molecule has 3 rings (SSSR count). The van der Waals surface area contributed by atoms with Crippen LogP contribution in [0, 0.1) is 0 Å². The number of amides is 1. The smallest absolute Gasteiger partial charge is 0.242 e. The van der Waals surface area contributed by atoms with E-state index in [1.807, 2.05) is 29.3 Å². The second-order valence-corrected chi connectivity index (χ2v) is 6.16. The topological polar surface area (TPSA) is 71.7 Å². The van der Waals surface area contributed by atoms with E-state index < -0.39 is 5.54 Å². The first kappa shape index (κ1) is 15.4. The molecule has 0 unspecified atom stereocenters. The van der Waals surface area contributed by atoms with Gasteiger partial charge in [-0.05, 0) is 25.0 Å². The summed E-state index contributed by atoms with van der Waals surface area (Å²) in [6.07, 6.45) is 3.07. The Balaban J connectivity index is 1.52. The fourth-order valence-electron chi connectivity index (χ4n) is 3.09. The van der Waals surface area contributed by atoms with E-state index in [-0.39, 0.29) is 5.91 Å². The highest BCUT2D eigenvalue weighted by molar-refractivity contribution is 5.86. The molecule has 1 aromatic heterocycles. The molecule has 2 fully saturated rings. The monoisotopic (exact) mass is 304 g/mol.